The fourth-order valence-electron chi connectivity index (χ4n) is 5.01. The average molecular weight is 889 g/mol. The third-order valence-corrected chi connectivity index (χ3v) is 10.4. The van der Waals surface area contributed by atoms with Crippen LogP contribution >= 0.6 is 11.3 Å². The predicted octanol–water partition coefficient (Wildman–Crippen LogP) is 3.09. The van der Waals surface area contributed by atoms with Crippen molar-refractivity contribution in [3.05, 3.63) is 69.1 Å². The van der Waals surface area contributed by atoms with Crippen LogP contribution in [0, 0.1) is 0 Å². The number of carbonyl (C=O) groups is 5. The van der Waals surface area contributed by atoms with Gasteiger partial charge < -0.3 is 40.0 Å². The number of hydrogen-bond acceptors (Lipinski definition) is 15. The second-order valence-electron chi connectivity index (χ2n) is 16.2. The molecule has 0 bridgehead atoms. The van der Waals surface area contributed by atoms with Gasteiger partial charge in [0.05, 0.1) is 24.1 Å². The Bertz CT molecular complexity index is 2290. The highest BCUT2D eigenvalue weighted by molar-refractivity contribution is 7.89. The Labute approximate surface area is 357 Å². The van der Waals surface area contributed by atoms with E-state index >= 15 is 0 Å². The molecule has 2 atom stereocenters. The minimum atomic E-state index is -4.18. The van der Waals surface area contributed by atoms with Crippen molar-refractivity contribution < 1.29 is 51.4 Å². The fourth-order valence-corrected chi connectivity index (χ4v) is 6.75. The number of sulfonamides is 1. The number of aromatic amines is 1. The van der Waals surface area contributed by atoms with E-state index in [-0.39, 0.29) is 45.6 Å². The summed E-state index contributed by atoms with van der Waals surface area (Å²) in [5.41, 5.74) is -3.69. The molecule has 332 valence electrons. The zero-order valence-corrected chi connectivity index (χ0v) is 37.0. The SMILES string of the molecule is CCCCOc1c[nH]c(CNC(=O)c2ccc(S(=O)(=O)NC[C@H]3NC(=O)[C@H]3NC(=O)/C(=N\OC(C)(C)C(=O)OC(C)(C)C)c3csc(NC(=O)OC(C)(C)C)n3)cc2)cc1=O. The summed E-state index contributed by atoms with van der Waals surface area (Å²) >= 11 is 0.928. The maximum Gasteiger partial charge on any atom is 0.413 e. The summed E-state index contributed by atoms with van der Waals surface area (Å²) in [4.78, 5) is 89.2. The molecule has 3 heterocycles. The zero-order valence-electron chi connectivity index (χ0n) is 35.3. The molecule has 1 aliphatic rings. The van der Waals surface area contributed by atoms with Crippen LogP contribution in [0.3, 0.4) is 0 Å². The first-order valence-electron chi connectivity index (χ1n) is 19.2. The first-order chi connectivity index (χ1) is 28.4. The number of nitrogens with one attached hydrogen (secondary N) is 6. The van der Waals surface area contributed by atoms with E-state index in [1.807, 2.05) is 6.92 Å². The van der Waals surface area contributed by atoms with Gasteiger partial charge in [-0.3, -0.25) is 24.5 Å². The van der Waals surface area contributed by atoms with Crippen molar-refractivity contribution in [2.24, 2.45) is 5.16 Å². The normalized spacial score (nSPS) is 15.8. The van der Waals surface area contributed by atoms with Gasteiger partial charge in [-0.15, -0.1) is 11.3 Å². The standard InChI is InChI=1S/C39H52N8O12S2/c1-10-11-16-56-28-20-40-23(17-27(28)48)18-41-31(49)22-12-14-24(15-13-22)61(54,55)42-19-25-29(32(50)43-25)45-33(51)30(47-59-39(8,9)34(52)57-37(2,3)4)26-21-60-35(44-26)46-36(53)58-38(5,6)7/h12-15,17,20-21,25,29,42H,10-11,16,18-19H2,1-9H3,(H,40,48)(H,41,49)(H,43,50)(H,45,51)(H,44,46,53)/b47-30-/t25-,29+/m1/s1. The highest BCUT2D eigenvalue weighted by Gasteiger charge is 2.42. The summed E-state index contributed by atoms with van der Waals surface area (Å²) in [7, 11) is -4.18. The number of pyridine rings is 1. The van der Waals surface area contributed by atoms with Crippen LogP contribution in [0.15, 0.2) is 56.8 Å². The summed E-state index contributed by atoms with van der Waals surface area (Å²) in [6.07, 6.45) is 2.34. The van der Waals surface area contributed by atoms with E-state index in [0.717, 1.165) is 24.2 Å². The van der Waals surface area contributed by atoms with Gasteiger partial charge in [0.1, 0.15) is 22.9 Å². The number of hydrogen-bond donors (Lipinski definition) is 6. The highest BCUT2D eigenvalue weighted by Crippen LogP contribution is 2.22. The minimum absolute atomic E-state index is 0.00368. The summed E-state index contributed by atoms with van der Waals surface area (Å²) in [6, 6.07) is 4.23. The lowest BCUT2D eigenvalue weighted by Gasteiger charge is -2.37. The van der Waals surface area contributed by atoms with Crippen molar-refractivity contribution in [2.75, 3.05) is 18.5 Å². The van der Waals surface area contributed by atoms with E-state index in [1.165, 1.54) is 55.8 Å². The van der Waals surface area contributed by atoms with Crippen LogP contribution in [0.5, 0.6) is 5.75 Å². The molecule has 1 fully saturated rings. The minimum Gasteiger partial charge on any atom is -0.488 e. The largest absolute Gasteiger partial charge is 0.488 e. The molecule has 3 aromatic rings. The van der Waals surface area contributed by atoms with Crippen molar-refractivity contribution >= 4 is 62.0 Å². The van der Waals surface area contributed by atoms with Gasteiger partial charge in [-0.25, -0.2) is 27.7 Å². The monoisotopic (exact) mass is 888 g/mol. The molecule has 61 heavy (non-hydrogen) atoms. The number of H-pyrrole nitrogens is 1. The molecule has 0 aliphatic carbocycles. The Morgan fingerprint density at radius 3 is 2.25 bits per heavy atom. The van der Waals surface area contributed by atoms with Crippen molar-refractivity contribution in [1.82, 2.24) is 30.6 Å². The second kappa shape index (κ2) is 19.7. The third kappa shape index (κ3) is 14.1. The van der Waals surface area contributed by atoms with E-state index in [9.17, 15) is 37.2 Å². The fraction of sp³-hybridized carbons (Fsp3) is 0.487. The molecular weight excluding hydrogens is 837 g/mol. The van der Waals surface area contributed by atoms with E-state index in [0.29, 0.717) is 12.3 Å². The molecular formula is C39H52N8O12S2. The van der Waals surface area contributed by atoms with Gasteiger partial charge >= 0.3 is 12.1 Å². The highest BCUT2D eigenvalue weighted by atomic mass is 32.2. The molecule has 20 nitrogen and oxygen atoms in total. The van der Waals surface area contributed by atoms with Gasteiger partial charge in [0, 0.05) is 35.4 Å². The third-order valence-electron chi connectivity index (χ3n) is 8.18. The topological polar surface area (TPSA) is 275 Å². The molecule has 1 saturated heterocycles. The number of unbranched alkanes of at least 4 members (excludes halogenated alkanes) is 1. The lowest BCUT2D eigenvalue weighted by atomic mass is 9.99. The van der Waals surface area contributed by atoms with Crippen molar-refractivity contribution in [2.45, 2.75) is 115 Å². The van der Waals surface area contributed by atoms with Crippen LogP contribution in [0.1, 0.15) is 96.9 Å². The molecule has 0 spiro atoms. The van der Waals surface area contributed by atoms with E-state index in [4.69, 9.17) is 19.0 Å². The summed E-state index contributed by atoms with van der Waals surface area (Å²) in [6.45, 7) is 14.8. The molecule has 0 radical (unpaired) electrons. The zero-order chi connectivity index (χ0) is 45.3. The number of β-lactam (4-membered cyclic amide) rings is 1. The van der Waals surface area contributed by atoms with Crippen molar-refractivity contribution in [1.29, 1.82) is 0 Å². The maximum absolute atomic E-state index is 13.7. The molecule has 1 aliphatic heterocycles. The number of benzene rings is 1. The number of carbonyl (C=O) groups excluding carboxylic acids is 5. The van der Waals surface area contributed by atoms with E-state index in [2.05, 4.69) is 41.1 Å². The molecule has 2 aromatic heterocycles. The van der Waals surface area contributed by atoms with Gasteiger partial charge in [0.2, 0.25) is 27.0 Å². The van der Waals surface area contributed by atoms with Gasteiger partial charge in [-0.2, -0.15) is 0 Å². The van der Waals surface area contributed by atoms with E-state index in [1.54, 1.807) is 41.5 Å². The number of rotatable bonds is 18. The summed E-state index contributed by atoms with van der Waals surface area (Å²) < 4.78 is 44.9. The van der Waals surface area contributed by atoms with Crippen LogP contribution < -0.4 is 36.2 Å². The predicted molar refractivity (Wildman–Crippen MR) is 224 cm³/mol. The number of ether oxygens (including phenoxy) is 3. The Hall–Kier alpha value is -5.87. The molecule has 0 saturated carbocycles. The van der Waals surface area contributed by atoms with Crippen molar-refractivity contribution in [3.63, 3.8) is 0 Å². The Morgan fingerprint density at radius 1 is 0.967 bits per heavy atom. The van der Waals surface area contributed by atoms with Crippen LogP contribution in [-0.2, 0) is 45.3 Å². The summed E-state index contributed by atoms with van der Waals surface area (Å²) in [5, 5.41) is 15.5. The first kappa shape index (κ1) is 47.8. The smallest absolute Gasteiger partial charge is 0.413 e. The number of aromatic nitrogens is 2. The molecule has 4 amide bonds. The quantitative estimate of drug-likeness (QED) is 0.0353. The van der Waals surface area contributed by atoms with Crippen LogP contribution in [0.2, 0.25) is 0 Å². The Balaban J connectivity index is 1.41. The number of esters is 1. The number of thiazole rings is 1. The number of amides is 4. The average Bonchev–Trinajstić information content (AvgIpc) is 3.61. The number of nitrogens with zero attached hydrogens (tertiary/aromatic N) is 2. The number of oxime groups is 1. The van der Waals surface area contributed by atoms with Crippen LogP contribution in [0.25, 0.3) is 0 Å². The lowest BCUT2D eigenvalue weighted by molar-refractivity contribution is -0.179. The summed E-state index contributed by atoms with van der Waals surface area (Å²) in [5.74, 6) is -2.74. The molecule has 1 aromatic carbocycles. The van der Waals surface area contributed by atoms with Gasteiger partial charge in [0.15, 0.2) is 16.6 Å². The van der Waals surface area contributed by atoms with Crippen LogP contribution in [0.4, 0.5) is 9.93 Å². The second-order valence-corrected chi connectivity index (χ2v) is 18.8. The molecule has 22 heteroatoms. The van der Waals surface area contributed by atoms with Gasteiger partial charge in [-0.1, -0.05) is 18.5 Å². The van der Waals surface area contributed by atoms with Gasteiger partial charge in [0.25, 0.3) is 11.8 Å². The van der Waals surface area contributed by atoms with Gasteiger partial charge in [-0.05, 0) is 86.1 Å². The Kier molecular flexibility index (Phi) is 15.4. The first-order valence-corrected chi connectivity index (χ1v) is 21.5. The van der Waals surface area contributed by atoms with Crippen molar-refractivity contribution in [3.8, 4) is 5.75 Å². The molecule has 4 rings (SSSR count). The maximum atomic E-state index is 13.7. The van der Waals surface area contributed by atoms with E-state index < -0.39 is 74.4 Å². The lowest BCUT2D eigenvalue weighted by Crippen LogP contribution is -2.72. The molecule has 0 unspecified atom stereocenters. The molecule has 6 N–H and O–H groups in total. The Morgan fingerprint density at radius 2 is 1.64 bits per heavy atom. The van der Waals surface area contributed by atoms with Crippen LogP contribution in [-0.4, -0.2) is 95.9 Å². The number of anilines is 1.